The normalized spacial score (nSPS) is 20.2. The Labute approximate surface area is 164 Å². The average molecular weight is 399 g/mol. The Bertz CT molecular complexity index is 1080. The Morgan fingerprint density at radius 3 is 3.00 bits per heavy atom. The van der Waals surface area contributed by atoms with Gasteiger partial charge < -0.3 is 15.4 Å². The summed E-state index contributed by atoms with van der Waals surface area (Å²) in [6, 6.07) is 2.82. The van der Waals surface area contributed by atoms with Gasteiger partial charge in [0.25, 0.3) is 5.91 Å². The van der Waals surface area contributed by atoms with Crippen LogP contribution in [0.1, 0.15) is 39.8 Å². The van der Waals surface area contributed by atoms with Gasteiger partial charge in [0.15, 0.2) is 11.5 Å². The highest BCUT2D eigenvalue weighted by molar-refractivity contribution is 5.94. The van der Waals surface area contributed by atoms with Crippen molar-refractivity contribution in [1.82, 2.24) is 25.1 Å². The van der Waals surface area contributed by atoms with Crippen LogP contribution in [0.4, 0.5) is 8.78 Å². The zero-order chi connectivity index (χ0) is 20.1. The molecule has 0 radical (unpaired) electrons. The maximum Gasteiger partial charge on any atom is 0.272 e. The molecule has 7 nitrogen and oxygen atoms in total. The molecule has 150 valence electrons. The minimum atomic E-state index is -0.723. The first-order chi connectivity index (χ1) is 14.0. The van der Waals surface area contributed by atoms with Crippen LogP contribution in [0.3, 0.4) is 0 Å². The van der Waals surface area contributed by atoms with Crippen molar-refractivity contribution in [2.75, 3.05) is 6.61 Å². The van der Waals surface area contributed by atoms with E-state index < -0.39 is 23.6 Å². The number of hydrogen-bond donors (Lipinski definition) is 3. The maximum absolute atomic E-state index is 14.4. The summed E-state index contributed by atoms with van der Waals surface area (Å²) in [6.07, 6.45) is 5.26. The molecule has 0 spiro atoms. The predicted molar refractivity (Wildman–Crippen MR) is 98.7 cm³/mol. The smallest absolute Gasteiger partial charge is 0.272 e. The first-order valence-corrected chi connectivity index (χ1v) is 9.51. The summed E-state index contributed by atoms with van der Waals surface area (Å²) in [5, 5.41) is 16.8. The van der Waals surface area contributed by atoms with Crippen molar-refractivity contribution in [3.05, 3.63) is 65.0 Å². The zero-order valence-electron chi connectivity index (χ0n) is 15.4. The van der Waals surface area contributed by atoms with Crippen LogP contribution in [0, 0.1) is 17.6 Å². The molecule has 2 aromatic heterocycles. The van der Waals surface area contributed by atoms with Gasteiger partial charge in [-0.1, -0.05) is 0 Å². The molecule has 2 aliphatic rings. The molecule has 0 unspecified atom stereocenters. The van der Waals surface area contributed by atoms with Crippen molar-refractivity contribution in [2.24, 2.45) is 5.92 Å². The minimum Gasteiger partial charge on any atom is -0.394 e. The highest BCUT2D eigenvalue weighted by Gasteiger charge is 2.50. The van der Waals surface area contributed by atoms with Gasteiger partial charge in [-0.05, 0) is 30.9 Å². The van der Waals surface area contributed by atoms with Crippen LogP contribution < -0.4 is 5.32 Å². The molecule has 3 atom stereocenters. The Morgan fingerprint density at radius 1 is 1.41 bits per heavy atom. The van der Waals surface area contributed by atoms with Crippen LogP contribution in [0.2, 0.25) is 0 Å². The Balaban J connectivity index is 1.46. The number of aromatic amines is 1. The lowest BCUT2D eigenvalue weighted by Crippen LogP contribution is -2.39. The summed E-state index contributed by atoms with van der Waals surface area (Å²) in [6.45, 7) is -0.245. The quantitative estimate of drug-likeness (QED) is 0.590. The summed E-state index contributed by atoms with van der Waals surface area (Å²) in [4.78, 5) is 19.8. The number of imidazole rings is 1. The number of carbonyl (C=O) groups excluding carboxylic acids is 1. The van der Waals surface area contributed by atoms with Gasteiger partial charge in [0.2, 0.25) is 0 Å². The predicted octanol–water partition coefficient (Wildman–Crippen LogP) is 1.87. The first kappa shape index (κ1) is 18.0. The molecule has 5 rings (SSSR count). The standard InChI is InChI=1S/C20H19F2N5O2/c21-11-1-2-17(16(22)5-11)27-19-14-3-10(14)4-15(19)18(26-27)20(29)25-13(8-28)6-12-7-23-9-24-12/h1-2,5,7,9-10,13-14,28H,3-4,6,8H2,(H,23,24)(H,25,29)/t10-,13+,14-/m1/s1. The number of benzene rings is 1. The molecule has 1 fully saturated rings. The lowest BCUT2D eigenvalue weighted by molar-refractivity contribution is 0.0909. The number of H-pyrrole nitrogens is 1. The molecule has 1 saturated carbocycles. The zero-order valence-corrected chi connectivity index (χ0v) is 15.4. The molecule has 0 aliphatic heterocycles. The molecular formula is C20H19F2N5O2. The van der Waals surface area contributed by atoms with Crippen LogP contribution in [0.5, 0.6) is 0 Å². The van der Waals surface area contributed by atoms with Crippen LogP contribution in [0.25, 0.3) is 5.69 Å². The fraction of sp³-hybridized carbons (Fsp3) is 0.350. The maximum atomic E-state index is 14.4. The van der Waals surface area contributed by atoms with Gasteiger partial charge >= 0.3 is 0 Å². The molecule has 0 bridgehead atoms. The Morgan fingerprint density at radius 2 is 2.28 bits per heavy atom. The van der Waals surface area contributed by atoms with E-state index in [9.17, 15) is 18.7 Å². The van der Waals surface area contributed by atoms with Gasteiger partial charge in [-0.2, -0.15) is 5.10 Å². The number of amides is 1. The molecule has 9 heteroatoms. The number of nitrogens with one attached hydrogen (secondary N) is 2. The van der Waals surface area contributed by atoms with E-state index >= 15 is 0 Å². The molecule has 0 saturated heterocycles. The van der Waals surface area contributed by atoms with Gasteiger partial charge in [0.1, 0.15) is 11.5 Å². The molecule has 29 heavy (non-hydrogen) atoms. The van der Waals surface area contributed by atoms with Gasteiger partial charge in [-0.3, -0.25) is 4.79 Å². The number of aliphatic hydroxyl groups excluding tert-OH is 1. The van der Waals surface area contributed by atoms with E-state index in [0.29, 0.717) is 12.3 Å². The van der Waals surface area contributed by atoms with E-state index in [0.717, 1.165) is 35.9 Å². The van der Waals surface area contributed by atoms with E-state index in [-0.39, 0.29) is 23.9 Å². The van der Waals surface area contributed by atoms with Gasteiger partial charge in [-0.25, -0.2) is 18.4 Å². The third-order valence-corrected chi connectivity index (χ3v) is 5.69. The first-order valence-electron chi connectivity index (χ1n) is 9.51. The van der Waals surface area contributed by atoms with Crippen molar-refractivity contribution >= 4 is 5.91 Å². The number of hydrogen-bond acceptors (Lipinski definition) is 4. The fourth-order valence-electron chi connectivity index (χ4n) is 4.21. The topological polar surface area (TPSA) is 95.8 Å². The third kappa shape index (κ3) is 3.11. The van der Waals surface area contributed by atoms with Crippen LogP contribution in [-0.2, 0) is 12.8 Å². The van der Waals surface area contributed by atoms with E-state index in [4.69, 9.17) is 0 Å². The molecular weight excluding hydrogens is 380 g/mol. The lowest BCUT2D eigenvalue weighted by atomic mass is 10.1. The Hall–Kier alpha value is -3.07. The highest BCUT2D eigenvalue weighted by atomic mass is 19.1. The number of nitrogens with zero attached hydrogens (tertiary/aromatic N) is 3. The second-order valence-corrected chi connectivity index (χ2v) is 7.66. The van der Waals surface area contributed by atoms with E-state index in [1.54, 1.807) is 6.20 Å². The van der Waals surface area contributed by atoms with Crippen molar-refractivity contribution < 1.29 is 18.7 Å². The summed E-state index contributed by atoms with van der Waals surface area (Å²) >= 11 is 0. The van der Waals surface area contributed by atoms with Crippen LogP contribution >= 0.6 is 0 Å². The second-order valence-electron chi connectivity index (χ2n) is 7.66. The SMILES string of the molecule is O=C(N[C@H](CO)Cc1cnc[nH]1)c1nn(-c2ccc(F)cc2F)c2c1C[C@H]1C[C@@H]21. The van der Waals surface area contributed by atoms with Crippen LogP contribution in [-0.4, -0.2) is 43.4 Å². The minimum absolute atomic E-state index is 0.130. The summed E-state index contributed by atoms with van der Waals surface area (Å²) in [7, 11) is 0. The van der Waals surface area contributed by atoms with Crippen LogP contribution in [0.15, 0.2) is 30.7 Å². The van der Waals surface area contributed by atoms with Gasteiger partial charge in [-0.15, -0.1) is 0 Å². The summed E-state index contributed by atoms with van der Waals surface area (Å²) < 4.78 is 29.2. The average Bonchev–Trinajstić information content (AvgIpc) is 3.04. The summed E-state index contributed by atoms with van der Waals surface area (Å²) in [5.41, 5.74) is 2.80. The van der Waals surface area contributed by atoms with Crippen molar-refractivity contribution in [3.63, 3.8) is 0 Å². The molecule has 1 aromatic carbocycles. The lowest BCUT2D eigenvalue weighted by Gasteiger charge is -2.15. The third-order valence-electron chi connectivity index (χ3n) is 5.69. The van der Waals surface area contributed by atoms with Gasteiger partial charge in [0, 0.05) is 35.9 Å². The Kier molecular flexibility index (Phi) is 4.20. The van der Waals surface area contributed by atoms with E-state index in [1.807, 2.05) is 0 Å². The largest absolute Gasteiger partial charge is 0.394 e. The number of rotatable bonds is 6. The second kappa shape index (κ2) is 6.77. The number of carbonyl (C=O) groups is 1. The number of fused-ring (bicyclic) bond motifs is 3. The van der Waals surface area contributed by atoms with Gasteiger partial charge in [0.05, 0.1) is 24.7 Å². The highest BCUT2D eigenvalue weighted by Crippen LogP contribution is 2.57. The fourth-order valence-corrected chi connectivity index (χ4v) is 4.21. The summed E-state index contributed by atoms with van der Waals surface area (Å²) in [5.74, 6) is -1.10. The molecule has 2 aliphatic carbocycles. The van der Waals surface area contributed by atoms with Crippen molar-refractivity contribution in [2.45, 2.75) is 31.2 Å². The molecule has 3 N–H and O–H groups in total. The van der Waals surface area contributed by atoms with Crippen molar-refractivity contribution in [3.8, 4) is 5.69 Å². The van der Waals surface area contributed by atoms with E-state index in [2.05, 4.69) is 20.4 Å². The van der Waals surface area contributed by atoms with Crippen molar-refractivity contribution in [1.29, 1.82) is 0 Å². The molecule has 3 aromatic rings. The van der Waals surface area contributed by atoms with E-state index in [1.165, 1.54) is 23.1 Å². The molecule has 2 heterocycles. The number of aromatic nitrogens is 4. The molecule has 1 amide bonds. The number of halogens is 2. The monoisotopic (exact) mass is 399 g/mol. The number of aliphatic hydroxyl groups is 1.